The van der Waals surface area contributed by atoms with Gasteiger partial charge in [0.2, 0.25) is 0 Å². The zero-order valence-corrected chi connectivity index (χ0v) is 16.3. The molecule has 0 fully saturated rings. The van der Waals surface area contributed by atoms with Crippen LogP contribution in [0.1, 0.15) is 5.69 Å². The van der Waals surface area contributed by atoms with Crippen LogP contribution in [0.4, 0.5) is 10.7 Å². The van der Waals surface area contributed by atoms with Crippen LogP contribution in [0.3, 0.4) is 0 Å². The molecule has 0 radical (unpaired) electrons. The molecule has 0 spiro atoms. The third-order valence-electron chi connectivity index (χ3n) is 5.21. The first-order valence-corrected chi connectivity index (χ1v) is 9.32. The minimum atomic E-state index is -0.916. The van der Waals surface area contributed by atoms with Crippen LogP contribution in [0.2, 0.25) is 0 Å². The number of aromatic nitrogens is 2. The van der Waals surface area contributed by atoms with Crippen molar-refractivity contribution >= 4 is 44.4 Å². The molecule has 0 bridgehead atoms. The number of hydrogen-bond acceptors (Lipinski definition) is 7. The number of furan rings is 1. The monoisotopic (exact) mass is 417 g/mol. The summed E-state index contributed by atoms with van der Waals surface area (Å²) in [5, 5.41) is 16.8. The van der Waals surface area contributed by atoms with Gasteiger partial charge in [0.1, 0.15) is 11.9 Å². The number of benzene rings is 3. The second-order valence-corrected chi connectivity index (χ2v) is 6.99. The van der Waals surface area contributed by atoms with Gasteiger partial charge in [-0.15, -0.1) is 0 Å². The number of fused-ring (bicyclic) bond motifs is 5. The van der Waals surface area contributed by atoms with Gasteiger partial charge in [0.05, 0.1) is 19.6 Å². The molecule has 0 aliphatic carbocycles. The fraction of sp³-hybridized carbons (Fsp3) is 0.0909. The number of nitrogens with zero attached hydrogens (tertiary/aromatic N) is 3. The Kier molecular flexibility index (Phi) is 4.28. The van der Waals surface area contributed by atoms with Crippen molar-refractivity contribution in [3.63, 3.8) is 0 Å². The van der Waals surface area contributed by atoms with Gasteiger partial charge in [-0.3, -0.25) is 0 Å². The van der Waals surface area contributed by atoms with Crippen LogP contribution in [0, 0.1) is 10.1 Å². The zero-order chi connectivity index (χ0) is 21.5. The van der Waals surface area contributed by atoms with E-state index in [0.717, 1.165) is 32.3 Å². The minimum Gasteiger partial charge on any atom is -0.471 e. The van der Waals surface area contributed by atoms with Crippen LogP contribution in [-0.4, -0.2) is 20.6 Å². The quantitative estimate of drug-likeness (QED) is 0.132. The highest BCUT2D eigenvalue weighted by molar-refractivity contribution is 6.17. The predicted molar refractivity (Wildman–Crippen MR) is 112 cm³/mol. The lowest BCUT2D eigenvalue weighted by atomic mass is 9.99. The summed E-state index contributed by atoms with van der Waals surface area (Å²) in [4.78, 5) is 26.1. The maximum atomic E-state index is 12.2. The number of carbonyl (C=O) groups is 1. The lowest BCUT2D eigenvalue weighted by Crippen LogP contribution is -2.12. The molecule has 31 heavy (non-hydrogen) atoms. The van der Waals surface area contributed by atoms with E-state index >= 15 is 0 Å². The SMILES string of the molecule is Cn1c(COC(=O)Oc2ccc3ccc4c5cocc5ccc4c3c2)cnc1[N+](=O)[O-]. The zero-order valence-electron chi connectivity index (χ0n) is 16.3. The van der Waals surface area contributed by atoms with Gasteiger partial charge >= 0.3 is 12.1 Å². The molecular formula is C22H15N3O6. The molecule has 154 valence electrons. The second kappa shape index (κ2) is 7.13. The topological polar surface area (TPSA) is 110 Å². The molecule has 0 atom stereocenters. The number of hydrogen-bond donors (Lipinski definition) is 0. The highest BCUT2D eigenvalue weighted by atomic mass is 16.7. The number of ether oxygens (including phenoxy) is 2. The molecule has 0 saturated heterocycles. The van der Waals surface area contributed by atoms with Gasteiger partial charge in [0, 0.05) is 10.8 Å². The van der Waals surface area contributed by atoms with Gasteiger partial charge in [0.15, 0.2) is 12.3 Å². The van der Waals surface area contributed by atoms with E-state index in [4.69, 9.17) is 13.9 Å². The summed E-state index contributed by atoms with van der Waals surface area (Å²) in [6, 6.07) is 13.4. The molecule has 0 N–H and O–H groups in total. The van der Waals surface area contributed by atoms with E-state index in [1.807, 2.05) is 30.3 Å². The Morgan fingerprint density at radius 3 is 2.58 bits per heavy atom. The molecule has 0 saturated carbocycles. The van der Waals surface area contributed by atoms with E-state index in [9.17, 15) is 14.9 Å². The highest BCUT2D eigenvalue weighted by Gasteiger charge is 2.19. The van der Waals surface area contributed by atoms with E-state index in [1.165, 1.54) is 17.8 Å². The largest absolute Gasteiger partial charge is 0.514 e. The molecule has 0 amide bonds. The third-order valence-corrected chi connectivity index (χ3v) is 5.21. The Morgan fingerprint density at radius 1 is 1.06 bits per heavy atom. The van der Waals surface area contributed by atoms with E-state index in [-0.39, 0.29) is 12.6 Å². The molecule has 0 aliphatic rings. The van der Waals surface area contributed by atoms with Gasteiger partial charge in [-0.25, -0.2) is 9.36 Å². The Balaban J connectivity index is 1.39. The summed E-state index contributed by atoms with van der Waals surface area (Å²) < 4.78 is 17.0. The molecular weight excluding hydrogens is 402 g/mol. The fourth-order valence-electron chi connectivity index (χ4n) is 3.62. The van der Waals surface area contributed by atoms with Crippen molar-refractivity contribution in [1.82, 2.24) is 9.55 Å². The number of rotatable bonds is 4. The normalized spacial score (nSPS) is 11.3. The summed E-state index contributed by atoms with van der Waals surface area (Å²) in [6.45, 7) is -0.203. The van der Waals surface area contributed by atoms with Crippen molar-refractivity contribution in [2.45, 2.75) is 6.61 Å². The van der Waals surface area contributed by atoms with Gasteiger partial charge in [-0.2, -0.15) is 0 Å². The molecule has 2 heterocycles. The van der Waals surface area contributed by atoms with Crippen LogP contribution < -0.4 is 4.74 Å². The molecule has 3 aromatic carbocycles. The van der Waals surface area contributed by atoms with Crippen LogP contribution in [0.5, 0.6) is 5.75 Å². The minimum absolute atomic E-state index is 0.203. The summed E-state index contributed by atoms with van der Waals surface area (Å²) in [6.07, 6.45) is 3.78. The maximum absolute atomic E-state index is 12.2. The van der Waals surface area contributed by atoms with Crippen LogP contribution >= 0.6 is 0 Å². The third kappa shape index (κ3) is 3.21. The van der Waals surface area contributed by atoms with Gasteiger partial charge in [-0.1, -0.05) is 35.3 Å². The lowest BCUT2D eigenvalue weighted by Gasteiger charge is -2.08. The van der Waals surface area contributed by atoms with Crippen molar-refractivity contribution in [1.29, 1.82) is 0 Å². The second-order valence-electron chi connectivity index (χ2n) is 6.99. The first-order chi connectivity index (χ1) is 15.0. The molecule has 0 aliphatic heterocycles. The summed E-state index contributed by atoms with van der Waals surface area (Å²) in [5.74, 6) is -0.00613. The fourth-order valence-corrected chi connectivity index (χ4v) is 3.62. The first-order valence-electron chi connectivity index (χ1n) is 9.32. The molecule has 5 rings (SSSR count). The van der Waals surface area contributed by atoms with Gasteiger partial charge in [0.25, 0.3) is 0 Å². The predicted octanol–water partition coefficient (Wildman–Crippen LogP) is 5.10. The Morgan fingerprint density at radius 2 is 1.81 bits per heavy atom. The molecule has 0 unspecified atom stereocenters. The molecule has 2 aromatic heterocycles. The smallest absolute Gasteiger partial charge is 0.471 e. The van der Waals surface area contributed by atoms with E-state index in [0.29, 0.717) is 11.4 Å². The molecule has 9 heteroatoms. The van der Waals surface area contributed by atoms with Crippen LogP contribution in [0.15, 0.2) is 65.6 Å². The van der Waals surface area contributed by atoms with Crippen LogP contribution in [0.25, 0.3) is 32.3 Å². The van der Waals surface area contributed by atoms with Crippen molar-refractivity contribution in [2.24, 2.45) is 7.05 Å². The summed E-state index contributed by atoms with van der Waals surface area (Å²) in [7, 11) is 1.47. The van der Waals surface area contributed by atoms with Crippen molar-refractivity contribution in [2.75, 3.05) is 0 Å². The average Bonchev–Trinajstić information content (AvgIpc) is 3.38. The van der Waals surface area contributed by atoms with Crippen molar-refractivity contribution in [3.8, 4) is 5.75 Å². The van der Waals surface area contributed by atoms with Gasteiger partial charge in [-0.05, 0) is 38.6 Å². The van der Waals surface area contributed by atoms with Gasteiger partial charge < -0.3 is 24.0 Å². The van der Waals surface area contributed by atoms with E-state index < -0.39 is 11.1 Å². The number of nitro groups is 1. The Bertz CT molecular complexity index is 1480. The standard InChI is InChI=1S/C22H15N3O6/c1-24-15(9-23-21(24)25(27)28)11-30-22(26)31-16-5-2-13-3-6-18-17(19(13)8-16)7-4-14-10-29-12-20(14)18/h2-10,12H,11H2,1H3. The first kappa shape index (κ1) is 18.6. The molecule has 9 nitrogen and oxygen atoms in total. The lowest BCUT2D eigenvalue weighted by molar-refractivity contribution is -0.396. The number of imidazole rings is 1. The van der Waals surface area contributed by atoms with Crippen molar-refractivity contribution < 1.29 is 23.6 Å². The Hall–Kier alpha value is -4.40. The highest BCUT2D eigenvalue weighted by Crippen LogP contribution is 2.33. The van der Waals surface area contributed by atoms with Crippen LogP contribution in [-0.2, 0) is 18.4 Å². The summed E-state index contributed by atoms with van der Waals surface area (Å²) in [5.41, 5.74) is 0.372. The maximum Gasteiger partial charge on any atom is 0.514 e. The Labute approximate surface area is 174 Å². The summed E-state index contributed by atoms with van der Waals surface area (Å²) >= 11 is 0. The number of carbonyl (C=O) groups excluding carboxylic acids is 1. The van der Waals surface area contributed by atoms with E-state index in [1.54, 1.807) is 24.7 Å². The van der Waals surface area contributed by atoms with Crippen molar-refractivity contribution in [3.05, 3.63) is 77.0 Å². The molecule has 5 aromatic rings. The average molecular weight is 417 g/mol. The van der Waals surface area contributed by atoms with E-state index in [2.05, 4.69) is 4.98 Å².